The van der Waals surface area contributed by atoms with Crippen LogP contribution in [0.25, 0.3) is 0 Å². The van der Waals surface area contributed by atoms with E-state index in [1.165, 1.54) is 31.0 Å². The average molecular weight is 424 g/mol. The number of halogens is 1. The summed E-state index contributed by atoms with van der Waals surface area (Å²) in [6.45, 7) is 0.468. The second-order valence-corrected chi connectivity index (χ2v) is 8.90. The van der Waals surface area contributed by atoms with Crippen molar-refractivity contribution in [2.75, 3.05) is 11.6 Å². The first kappa shape index (κ1) is 20.3. The van der Waals surface area contributed by atoms with Gasteiger partial charge in [0.25, 0.3) is 0 Å². The second kappa shape index (κ2) is 9.66. The molecule has 144 valence electrons. The standard InChI is InChI=1S/C19H22ClN3O2S2/c1-26-19-22-16(21-11-12-7-9-13(20)10-8-12)15(18(24)25)17(23-19)27-14-5-3-2-4-6-14/h7-10,14H,2-6,11H2,1H3,(H,24,25)(H,21,22,23). The molecule has 0 bridgehead atoms. The summed E-state index contributed by atoms with van der Waals surface area (Å²) in [4.78, 5) is 20.9. The quantitative estimate of drug-likeness (QED) is 0.341. The predicted molar refractivity (Wildman–Crippen MR) is 112 cm³/mol. The van der Waals surface area contributed by atoms with Crippen LogP contribution in [0.15, 0.2) is 34.4 Å². The lowest BCUT2D eigenvalue weighted by molar-refractivity contribution is 0.0692. The number of hydrogen-bond acceptors (Lipinski definition) is 6. The number of carbonyl (C=O) groups is 1. The van der Waals surface area contributed by atoms with Gasteiger partial charge < -0.3 is 10.4 Å². The van der Waals surface area contributed by atoms with Gasteiger partial charge in [-0.05, 0) is 36.8 Å². The Bertz CT molecular complexity index is 796. The average Bonchev–Trinajstić information content (AvgIpc) is 2.67. The van der Waals surface area contributed by atoms with Crippen molar-refractivity contribution in [3.8, 4) is 0 Å². The van der Waals surface area contributed by atoms with E-state index in [4.69, 9.17) is 11.6 Å². The van der Waals surface area contributed by atoms with E-state index in [2.05, 4.69) is 15.3 Å². The van der Waals surface area contributed by atoms with E-state index in [-0.39, 0.29) is 5.56 Å². The summed E-state index contributed by atoms with van der Waals surface area (Å²) in [5.41, 5.74) is 1.17. The number of anilines is 1. The lowest BCUT2D eigenvalue weighted by Gasteiger charge is -2.22. The maximum atomic E-state index is 12.0. The fraction of sp³-hybridized carbons (Fsp3) is 0.421. The maximum absolute atomic E-state index is 12.0. The van der Waals surface area contributed by atoms with Crippen molar-refractivity contribution in [2.45, 2.75) is 54.1 Å². The van der Waals surface area contributed by atoms with E-state index in [9.17, 15) is 9.90 Å². The first-order valence-corrected chi connectivity index (χ1v) is 11.4. The van der Waals surface area contributed by atoms with Crippen LogP contribution in [0.5, 0.6) is 0 Å². The fourth-order valence-electron chi connectivity index (χ4n) is 3.05. The van der Waals surface area contributed by atoms with E-state index in [1.807, 2.05) is 30.5 Å². The largest absolute Gasteiger partial charge is 0.477 e. The van der Waals surface area contributed by atoms with E-state index in [0.717, 1.165) is 18.4 Å². The van der Waals surface area contributed by atoms with Crippen LogP contribution in [0.3, 0.4) is 0 Å². The molecule has 8 heteroatoms. The minimum atomic E-state index is -1.00. The summed E-state index contributed by atoms with van der Waals surface area (Å²) in [5, 5.41) is 15.2. The van der Waals surface area contributed by atoms with Crippen LogP contribution < -0.4 is 5.32 Å². The molecular formula is C19H22ClN3O2S2. The number of hydrogen-bond donors (Lipinski definition) is 2. The Labute approximate surface area is 172 Å². The van der Waals surface area contributed by atoms with Gasteiger partial charge in [0.1, 0.15) is 16.4 Å². The van der Waals surface area contributed by atoms with Gasteiger partial charge in [-0.2, -0.15) is 0 Å². The number of carboxylic acids is 1. The molecule has 1 fully saturated rings. The summed E-state index contributed by atoms with van der Waals surface area (Å²) in [6, 6.07) is 7.44. The van der Waals surface area contributed by atoms with Gasteiger partial charge in [0.05, 0.1) is 0 Å². The summed E-state index contributed by atoms with van der Waals surface area (Å²) in [5.74, 6) is -0.630. The van der Waals surface area contributed by atoms with Crippen molar-refractivity contribution in [3.05, 3.63) is 40.4 Å². The topological polar surface area (TPSA) is 75.1 Å². The van der Waals surface area contributed by atoms with Crippen molar-refractivity contribution in [2.24, 2.45) is 0 Å². The van der Waals surface area contributed by atoms with Gasteiger partial charge in [0.2, 0.25) is 0 Å². The highest BCUT2D eigenvalue weighted by Gasteiger charge is 2.24. The van der Waals surface area contributed by atoms with Gasteiger partial charge in [-0.15, -0.1) is 11.8 Å². The van der Waals surface area contributed by atoms with Gasteiger partial charge in [-0.3, -0.25) is 0 Å². The van der Waals surface area contributed by atoms with Crippen LogP contribution >= 0.6 is 35.1 Å². The summed E-state index contributed by atoms with van der Waals surface area (Å²) < 4.78 is 0. The molecule has 0 aliphatic heterocycles. The van der Waals surface area contributed by atoms with Crippen LogP contribution in [-0.4, -0.2) is 32.5 Å². The monoisotopic (exact) mass is 423 g/mol. The Morgan fingerprint density at radius 3 is 2.56 bits per heavy atom. The van der Waals surface area contributed by atoms with Gasteiger partial charge in [0.15, 0.2) is 5.16 Å². The Morgan fingerprint density at radius 2 is 1.93 bits per heavy atom. The number of rotatable bonds is 7. The molecule has 0 spiro atoms. The third-order valence-corrected chi connectivity index (χ3v) is 6.58. The smallest absolute Gasteiger partial charge is 0.342 e. The molecule has 1 aromatic heterocycles. The maximum Gasteiger partial charge on any atom is 0.342 e. The van der Waals surface area contributed by atoms with Crippen LogP contribution in [0, 0.1) is 0 Å². The Kier molecular flexibility index (Phi) is 7.26. The van der Waals surface area contributed by atoms with E-state index >= 15 is 0 Å². The zero-order valence-corrected chi connectivity index (χ0v) is 17.5. The molecule has 0 unspecified atom stereocenters. The number of aromatic nitrogens is 2. The zero-order chi connectivity index (χ0) is 19.2. The van der Waals surface area contributed by atoms with E-state index in [0.29, 0.717) is 32.8 Å². The summed E-state index contributed by atoms with van der Waals surface area (Å²) in [6.07, 6.45) is 7.76. The van der Waals surface area contributed by atoms with Gasteiger partial charge in [-0.25, -0.2) is 14.8 Å². The minimum Gasteiger partial charge on any atom is -0.477 e. The van der Waals surface area contributed by atoms with Crippen molar-refractivity contribution in [3.63, 3.8) is 0 Å². The van der Waals surface area contributed by atoms with Crippen molar-refractivity contribution < 1.29 is 9.90 Å². The third kappa shape index (κ3) is 5.53. The number of thioether (sulfide) groups is 2. The number of nitrogens with zero attached hydrogens (tertiary/aromatic N) is 2. The molecule has 27 heavy (non-hydrogen) atoms. The Hall–Kier alpha value is -1.44. The molecule has 1 heterocycles. The number of carboxylic acid groups (broad SMARTS) is 1. The van der Waals surface area contributed by atoms with Crippen LogP contribution in [-0.2, 0) is 6.54 Å². The normalized spacial score (nSPS) is 14.9. The Balaban J connectivity index is 1.87. The molecule has 1 aliphatic carbocycles. The van der Waals surface area contributed by atoms with E-state index < -0.39 is 5.97 Å². The number of benzene rings is 1. The van der Waals surface area contributed by atoms with Crippen LogP contribution in [0.4, 0.5) is 5.82 Å². The van der Waals surface area contributed by atoms with Gasteiger partial charge >= 0.3 is 5.97 Å². The van der Waals surface area contributed by atoms with Crippen molar-refractivity contribution in [1.82, 2.24) is 9.97 Å². The molecule has 1 saturated carbocycles. The molecule has 1 aromatic carbocycles. The molecular weight excluding hydrogens is 402 g/mol. The van der Waals surface area contributed by atoms with Gasteiger partial charge in [-0.1, -0.05) is 54.8 Å². The summed E-state index contributed by atoms with van der Waals surface area (Å²) in [7, 11) is 0. The van der Waals surface area contributed by atoms with Crippen molar-refractivity contribution in [1.29, 1.82) is 0 Å². The van der Waals surface area contributed by atoms with Crippen molar-refractivity contribution >= 4 is 46.9 Å². The third-order valence-electron chi connectivity index (χ3n) is 4.46. The molecule has 0 atom stereocenters. The predicted octanol–water partition coefficient (Wildman–Crippen LogP) is 5.59. The number of aromatic carboxylic acids is 1. The molecule has 5 nitrogen and oxygen atoms in total. The Morgan fingerprint density at radius 1 is 1.22 bits per heavy atom. The number of nitrogens with one attached hydrogen (secondary N) is 1. The highest BCUT2D eigenvalue weighted by molar-refractivity contribution is 8.00. The first-order chi connectivity index (χ1) is 13.1. The highest BCUT2D eigenvalue weighted by atomic mass is 35.5. The molecule has 3 rings (SSSR count). The SMILES string of the molecule is CSc1nc(NCc2ccc(Cl)cc2)c(C(=O)O)c(SC2CCCCC2)n1. The first-order valence-electron chi connectivity index (χ1n) is 8.91. The summed E-state index contributed by atoms with van der Waals surface area (Å²) >= 11 is 8.93. The minimum absolute atomic E-state index is 0.164. The van der Waals surface area contributed by atoms with Crippen LogP contribution in [0.2, 0.25) is 5.02 Å². The lowest BCUT2D eigenvalue weighted by atomic mass is 10.0. The highest BCUT2D eigenvalue weighted by Crippen LogP contribution is 2.37. The molecule has 0 radical (unpaired) electrons. The van der Waals surface area contributed by atoms with E-state index in [1.54, 1.807) is 11.8 Å². The zero-order valence-electron chi connectivity index (χ0n) is 15.1. The second-order valence-electron chi connectivity index (χ2n) is 6.40. The molecule has 0 saturated heterocycles. The fourth-order valence-corrected chi connectivity index (χ4v) is 4.92. The van der Waals surface area contributed by atoms with Crippen LogP contribution in [0.1, 0.15) is 48.0 Å². The van der Waals surface area contributed by atoms with Gasteiger partial charge in [0, 0.05) is 16.8 Å². The molecule has 2 N–H and O–H groups in total. The lowest BCUT2D eigenvalue weighted by Crippen LogP contribution is -2.14. The molecule has 2 aromatic rings. The molecule has 1 aliphatic rings. The molecule has 0 amide bonds.